The molecule has 0 saturated carbocycles. The minimum absolute atomic E-state index is 0.283. The van der Waals surface area contributed by atoms with E-state index in [2.05, 4.69) is 44.7 Å². The van der Waals surface area contributed by atoms with Crippen molar-refractivity contribution in [1.29, 1.82) is 0 Å². The lowest BCUT2D eigenvalue weighted by Crippen LogP contribution is -2.07. The number of hydrogen-bond acceptors (Lipinski definition) is 7. The quantitative estimate of drug-likeness (QED) is 0.521. The van der Waals surface area contributed by atoms with Gasteiger partial charge in [-0.25, -0.2) is 4.98 Å². The Morgan fingerprint density at radius 2 is 2.06 bits per heavy atom. The first-order chi connectivity index (χ1) is 15.2. The smallest absolute Gasteiger partial charge is 0.320 e. The van der Waals surface area contributed by atoms with Gasteiger partial charge in [0.2, 0.25) is 0 Å². The second-order valence-corrected chi connectivity index (χ2v) is 7.56. The first-order valence-corrected chi connectivity index (χ1v) is 10.6. The van der Waals surface area contributed by atoms with E-state index in [-0.39, 0.29) is 6.01 Å². The van der Waals surface area contributed by atoms with Crippen LogP contribution in [0.25, 0.3) is 22.6 Å². The Labute approximate surface area is 181 Å². The normalized spacial score (nSPS) is 13.5. The summed E-state index contributed by atoms with van der Waals surface area (Å²) in [5, 5.41) is 0. The van der Waals surface area contributed by atoms with E-state index >= 15 is 0 Å². The maximum atomic E-state index is 6.26. The van der Waals surface area contributed by atoms with Crippen molar-refractivity contribution in [2.75, 3.05) is 19.5 Å². The average molecular weight is 421 g/mol. The zero-order chi connectivity index (χ0) is 21.6. The third-order valence-corrected chi connectivity index (χ3v) is 5.11. The third-order valence-electron chi connectivity index (χ3n) is 5.11. The van der Waals surface area contributed by atoms with Crippen LogP contribution in [-0.2, 0) is 17.9 Å². The second-order valence-electron chi connectivity index (χ2n) is 7.56. The molecule has 0 saturated heterocycles. The molecule has 2 N–H and O–H groups in total. The van der Waals surface area contributed by atoms with Crippen molar-refractivity contribution in [1.82, 2.24) is 24.5 Å². The van der Waals surface area contributed by atoms with Crippen molar-refractivity contribution in [3.8, 4) is 17.4 Å². The standard InChI is InChI=1S/C23H28N6O2/c1-3-4-10-31-23-27-20(24)19-22(28-23)29(14-16-8-6-5-7-9-16)21(26-19)18-11-17(15-30-2)12-25-13-18/h6,8-9,11-13H,3-5,7,10,14-15H2,1-2H3,(H2,24,27,28). The van der Waals surface area contributed by atoms with Crippen molar-refractivity contribution in [3.05, 3.63) is 47.8 Å². The predicted octanol–water partition coefficient (Wildman–Crippen LogP) is 4.07. The molecule has 0 unspecified atom stereocenters. The molecule has 0 spiro atoms. The number of ether oxygens (including phenoxy) is 2. The van der Waals surface area contributed by atoms with E-state index < -0.39 is 0 Å². The molecule has 0 radical (unpaired) electrons. The minimum atomic E-state index is 0.283. The fourth-order valence-electron chi connectivity index (χ4n) is 3.57. The van der Waals surface area contributed by atoms with Gasteiger partial charge in [-0.05, 0) is 36.5 Å². The Balaban J connectivity index is 1.82. The fourth-order valence-corrected chi connectivity index (χ4v) is 3.57. The zero-order valence-corrected chi connectivity index (χ0v) is 18.0. The maximum absolute atomic E-state index is 6.26. The van der Waals surface area contributed by atoms with E-state index in [4.69, 9.17) is 20.2 Å². The summed E-state index contributed by atoms with van der Waals surface area (Å²) in [7, 11) is 1.67. The summed E-state index contributed by atoms with van der Waals surface area (Å²) in [6.45, 7) is 3.77. The van der Waals surface area contributed by atoms with Crippen LogP contribution in [0.3, 0.4) is 0 Å². The molecule has 4 rings (SSSR count). The summed E-state index contributed by atoms with van der Waals surface area (Å²) < 4.78 is 13.1. The van der Waals surface area contributed by atoms with Gasteiger partial charge in [-0.3, -0.25) is 4.98 Å². The van der Waals surface area contributed by atoms with Crippen molar-refractivity contribution in [2.24, 2.45) is 0 Å². The monoisotopic (exact) mass is 420 g/mol. The maximum Gasteiger partial charge on any atom is 0.320 e. The van der Waals surface area contributed by atoms with Crippen LogP contribution in [0, 0.1) is 0 Å². The zero-order valence-electron chi connectivity index (χ0n) is 18.0. The van der Waals surface area contributed by atoms with Crippen LogP contribution < -0.4 is 10.5 Å². The van der Waals surface area contributed by atoms with Gasteiger partial charge in [0.05, 0.1) is 19.8 Å². The topological polar surface area (TPSA) is 101 Å². The molecular formula is C23H28N6O2. The molecule has 8 nitrogen and oxygen atoms in total. The molecular weight excluding hydrogens is 392 g/mol. The number of nitrogens with zero attached hydrogens (tertiary/aromatic N) is 5. The first kappa shape index (κ1) is 21.0. The number of nitrogen functional groups attached to an aromatic ring is 1. The molecule has 3 heterocycles. The Morgan fingerprint density at radius 3 is 2.84 bits per heavy atom. The molecule has 1 aliphatic carbocycles. The molecule has 0 atom stereocenters. The number of imidazole rings is 1. The van der Waals surface area contributed by atoms with Gasteiger partial charge in [0.1, 0.15) is 5.82 Å². The highest BCUT2D eigenvalue weighted by molar-refractivity contribution is 5.86. The van der Waals surface area contributed by atoms with Crippen LogP contribution in [0.5, 0.6) is 6.01 Å². The highest BCUT2D eigenvalue weighted by Crippen LogP contribution is 2.29. The summed E-state index contributed by atoms with van der Waals surface area (Å²) in [5.74, 6) is 1.05. The van der Waals surface area contributed by atoms with Gasteiger partial charge >= 0.3 is 6.01 Å². The number of pyridine rings is 1. The summed E-state index contributed by atoms with van der Waals surface area (Å²) in [4.78, 5) is 18.2. The predicted molar refractivity (Wildman–Crippen MR) is 121 cm³/mol. The lowest BCUT2D eigenvalue weighted by molar-refractivity contribution is 0.184. The number of aromatic nitrogens is 5. The van der Waals surface area contributed by atoms with Crippen LogP contribution in [0.2, 0.25) is 0 Å². The highest BCUT2D eigenvalue weighted by Gasteiger charge is 2.20. The van der Waals surface area contributed by atoms with Crippen molar-refractivity contribution < 1.29 is 9.47 Å². The number of nitrogens with two attached hydrogens (primary N) is 1. The number of anilines is 1. The molecule has 0 bridgehead atoms. The van der Waals surface area contributed by atoms with Crippen molar-refractivity contribution in [3.63, 3.8) is 0 Å². The fraction of sp³-hybridized carbons (Fsp3) is 0.391. The van der Waals surface area contributed by atoms with Crippen LogP contribution in [-0.4, -0.2) is 38.2 Å². The van der Waals surface area contributed by atoms with Crippen molar-refractivity contribution in [2.45, 2.75) is 45.8 Å². The van der Waals surface area contributed by atoms with E-state index in [1.807, 2.05) is 6.07 Å². The van der Waals surface area contributed by atoms with E-state index in [0.717, 1.165) is 42.6 Å². The molecule has 0 fully saturated rings. The van der Waals surface area contributed by atoms with E-state index in [9.17, 15) is 0 Å². The first-order valence-electron chi connectivity index (χ1n) is 10.6. The number of unbranched alkanes of at least 4 members (excludes halogenated alkanes) is 1. The van der Waals surface area contributed by atoms with Crippen LogP contribution in [0.15, 0.2) is 42.3 Å². The van der Waals surface area contributed by atoms with Gasteiger partial charge < -0.3 is 19.8 Å². The molecule has 162 valence electrons. The number of hydrogen-bond donors (Lipinski definition) is 1. The van der Waals surface area contributed by atoms with Crippen LogP contribution >= 0.6 is 0 Å². The van der Waals surface area contributed by atoms with Gasteiger partial charge in [0.25, 0.3) is 0 Å². The molecule has 0 aliphatic heterocycles. The molecule has 3 aromatic heterocycles. The molecule has 8 heteroatoms. The van der Waals surface area contributed by atoms with Gasteiger partial charge in [-0.15, -0.1) is 0 Å². The third kappa shape index (κ3) is 4.74. The Morgan fingerprint density at radius 1 is 1.16 bits per heavy atom. The van der Waals surface area contributed by atoms with E-state index in [0.29, 0.717) is 36.7 Å². The lowest BCUT2D eigenvalue weighted by atomic mass is 10.1. The number of allylic oxidation sites excluding steroid dienone is 4. The summed E-state index contributed by atoms with van der Waals surface area (Å²) in [6.07, 6.45) is 14.2. The molecule has 1 aliphatic rings. The molecule has 31 heavy (non-hydrogen) atoms. The van der Waals surface area contributed by atoms with Gasteiger partial charge in [-0.2, -0.15) is 9.97 Å². The largest absolute Gasteiger partial charge is 0.463 e. The summed E-state index contributed by atoms with van der Waals surface area (Å²) >= 11 is 0. The minimum Gasteiger partial charge on any atom is -0.463 e. The van der Waals surface area contributed by atoms with Crippen LogP contribution in [0.1, 0.15) is 38.2 Å². The lowest BCUT2D eigenvalue weighted by Gasteiger charge is -2.13. The number of fused-ring (bicyclic) bond motifs is 1. The number of rotatable bonds is 9. The SMILES string of the molecule is CCCCOc1nc(N)c2nc(-c3cncc(COC)c3)n(CC3=CCCC=C3)c2n1. The van der Waals surface area contributed by atoms with Crippen molar-refractivity contribution >= 4 is 17.0 Å². The Kier molecular flexibility index (Phi) is 6.57. The summed E-state index contributed by atoms with van der Waals surface area (Å²) in [6, 6.07) is 2.31. The van der Waals surface area contributed by atoms with Gasteiger partial charge in [0, 0.05) is 25.1 Å². The second kappa shape index (κ2) is 9.70. The molecule has 0 aromatic carbocycles. The highest BCUT2D eigenvalue weighted by atomic mass is 16.5. The Hall–Kier alpha value is -3.26. The molecule has 0 amide bonds. The summed E-state index contributed by atoms with van der Waals surface area (Å²) in [5.41, 5.74) is 10.5. The van der Waals surface area contributed by atoms with Gasteiger partial charge in [0.15, 0.2) is 17.0 Å². The number of methoxy groups -OCH3 is 1. The molecule has 3 aromatic rings. The Bertz CT molecular complexity index is 1120. The van der Waals surface area contributed by atoms with Gasteiger partial charge in [-0.1, -0.05) is 31.6 Å². The average Bonchev–Trinajstić information content (AvgIpc) is 3.14. The van der Waals surface area contributed by atoms with E-state index in [1.54, 1.807) is 19.5 Å². The van der Waals surface area contributed by atoms with E-state index in [1.165, 1.54) is 5.57 Å². The van der Waals surface area contributed by atoms with Crippen LogP contribution in [0.4, 0.5) is 5.82 Å².